The third-order valence-electron chi connectivity index (χ3n) is 3.49. The molecule has 1 aliphatic heterocycles. The number of hydrogen-bond donors (Lipinski definition) is 1. The molecule has 4 nitrogen and oxygen atoms in total. The molecule has 0 bridgehead atoms. The molecule has 0 spiro atoms. The van der Waals surface area contributed by atoms with Crippen LogP contribution in [0.4, 0.5) is 5.82 Å². The van der Waals surface area contributed by atoms with Crippen LogP contribution in [0.2, 0.25) is 0 Å². The fourth-order valence-corrected chi connectivity index (χ4v) is 3.27. The largest absolute Gasteiger partial charge is 0.355 e. The van der Waals surface area contributed by atoms with Gasteiger partial charge in [0, 0.05) is 19.1 Å². The van der Waals surface area contributed by atoms with Crippen LogP contribution in [0.1, 0.15) is 13.3 Å². The molecule has 0 aromatic carbocycles. The van der Waals surface area contributed by atoms with Gasteiger partial charge in [-0.3, -0.25) is 0 Å². The lowest BCUT2D eigenvalue weighted by Gasteiger charge is -2.19. The highest BCUT2D eigenvalue weighted by atomic mass is 32.1. The van der Waals surface area contributed by atoms with Gasteiger partial charge in [0.2, 0.25) is 0 Å². The van der Waals surface area contributed by atoms with Gasteiger partial charge in [0.05, 0.1) is 10.2 Å². The van der Waals surface area contributed by atoms with Crippen molar-refractivity contribution < 1.29 is 0 Å². The van der Waals surface area contributed by atoms with Crippen molar-refractivity contribution in [2.24, 2.45) is 11.7 Å². The Morgan fingerprint density at radius 2 is 2.41 bits per heavy atom. The lowest BCUT2D eigenvalue weighted by molar-refractivity contribution is 0.488. The van der Waals surface area contributed by atoms with Crippen LogP contribution >= 0.6 is 11.3 Å². The van der Waals surface area contributed by atoms with Gasteiger partial charge in [0.15, 0.2) is 0 Å². The van der Waals surface area contributed by atoms with E-state index in [-0.39, 0.29) is 6.04 Å². The number of fused-ring (bicyclic) bond motifs is 1. The molecule has 1 fully saturated rings. The van der Waals surface area contributed by atoms with Crippen molar-refractivity contribution in [3.63, 3.8) is 0 Å². The van der Waals surface area contributed by atoms with Gasteiger partial charge in [-0.05, 0) is 30.7 Å². The predicted molar refractivity (Wildman–Crippen MR) is 71.4 cm³/mol. The summed E-state index contributed by atoms with van der Waals surface area (Å²) in [5.41, 5.74) is 7.02. The predicted octanol–water partition coefficient (Wildman–Crippen LogP) is 1.86. The van der Waals surface area contributed by atoms with E-state index in [1.807, 2.05) is 6.07 Å². The Labute approximate surface area is 104 Å². The average Bonchev–Trinajstić information content (AvgIpc) is 2.97. The Morgan fingerprint density at radius 3 is 3.18 bits per heavy atom. The first-order chi connectivity index (χ1) is 8.25. The third-order valence-corrected chi connectivity index (χ3v) is 4.39. The first-order valence-electron chi connectivity index (χ1n) is 5.94. The monoisotopic (exact) mass is 248 g/mol. The zero-order valence-electron chi connectivity index (χ0n) is 9.84. The maximum atomic E-state index is 5.97. The highest BCUT2D eigenvalue weighted by Crippen LogP contribution is 2.31. The molecule has 3 rings (SSSR count). The molecule has 0 saturated carbocycles. The maximum absolute atomic E-state index is 5.97. The Hall–Kier alpha value is -1.20. The van der Waals surface area contributed by atoms with Crippen molar-refractivity contribution in [1.29, 1.82) is 0 Å². The van der Waals surface area contributed by atoms with Gasteiger partial charge in [0.1, 0.15) is 12.1 Å². The minimum atomic E-state index is 0.265. The molecule has 2 aromatic heterocycles. The summed E-state index contributed by atoms with van der Waals surface area (Å²) in [6, 6.07) is 2.31. The van der Waals surface area contributed by atoms with E-state index in [2.05, 4.69) is 27.2 Å². The summed E-state index contributed by atoms with van der Waals surface area (Å²) in [5.74, 6) is 1.66. The van der Waals surface area contributed by atoms with Crippen LogP contribution in [0, 0.1) is 5.92 Å². The summed E-state index contributed by atoms with van der Waals surface area (Å²) < 4.78 is 1.19. The Bertz CT molecular complexity index is 522. The molecule has 0 radical (unpaired) electrons. The molecule has 2 aromatic rings. The molecule has 1 saturated heterocycles. The minimum Gasteiger partial charge on any atom is -0.355 e. The fraction of sp³-hybridized carbons (Fsp3) is 0.500. The molecular weight excluding hydrogens is 232 g/mol. The van der Waals surface area contributed by atoms with Crippen LogP contribution < -0.4 is 10.6 Å². The van der Waals surface area contributed by atoms with Crippen molar-refractivity contribution in [3.05, 3.63) is 17.8 Å². The summed E-state index contributed by atoms with van der Waals surface area (Å²) >= 11 is 1.71. The topological polar surface area (TPSA) is 55.0 Å². The van der Waals surface area contributed by atoms with Crippen LogP contribution in [0.5, 0.6) is 0 Å². The van der Waals surface area contributed by atoms with Gasteiger partial charge in [-0.1, -0.05) is 0 Å². The van der Waals surface area contributed by atoms with E-state index in [9.17, 15) is 0 Å². The highest BCUT2D eigenvalue weighted by molar-refractivity contribution is 7.17. The van der Waals surface area contributed by atoms with Crippen LogP contribution in [0.15, 0.2) is 17.8 Å². The zero-order valence-corrected chi connectivity index (χ0v) is 10.7. The lowest BCUT2D eigenvalue weighted by Crippen LogP contribution is -2.30. The van der Waals surface area contributed by atoms with E-state index in [1.54, 1.807) is 17.7 Å². The number of nitrogens with two attached hydrogens (primary N) is 1. The molecule has 0 amide bonds. The molecule has 0 aliphatic carbocycles. The van der Waals surface area contributed by atoms with Crippen molar-refractivity contribution in [2.75, 3.05) is 18.0 Å². The fourth-order valence-electron chi connectivity index (χ4n) is 2.41. The normalized spacial score (nSPS) is 22.2. The van der Waals surface area contributed by atoms with Crippen LogP contribution in [0.25, 0.3) is 10.2 Å². The zero-order chi connectivity index (χ0) is 11.8. The molecule has 3 heterocycles. The quantitative estimate of drug-likeness (QED) is 0.881. The van der Waals surface area contributed by atoms with E-state index in [4.69, 9.17) is 5.73 Å². The summed E-state index contributed by atoms with van der Waals surface area (Å²) in [6.07, 6.45) is 2.82. The van der Waals surface area contributed by atoms with Gasteiger partial charge >= 0.3 is 0 Å². The molecule has 2 N–H and O–H groups in total. The van der Waals surface area contributed by atoms with Crippen LogP contribution in [-0.4, -0.2) is 29.1 Å². The molecule has 90 valence electrons. The summed E-state index contributed by atoms with van der Waals surface area (Å²) in [5, 5.41) is 2.07. The second-order valence-electron chi connectivity index (χ2n) is 4.69. The van der Waals surface area contributed by atoms with Gasteiger partial charge in [0.25, 0.3) is 0 Å². The number of hydrogen-bond acceptors (Lipinski definition) is 5. The first kappa shape index (κ1) is 10.9. The average molecular weight is 248 g/mol. The highest BCUT2D eigenvalue weighted by Gasteiger charge is 2.27. The second kappa shape index (κ2) is 4.23. The van der Waals surface area contributed by atoms with E-state index < -0.39 is 0 Å². The van der Waals surface area contributed by atoms with Crippen molar-refractivity contribution in [3.8, 4) is 0 Å². The van der Waals surface area contributed by atoms with E-state index in [1.165, 1.54) is 4.70 Å². The molecule has 17 heavy (non-hydrogen) atoms. The molecule has 2 unspecified atom stereocenters. The van der Waals surface area contributed by atoms with Crippen molar-refractivity contribution >= 4 is 27.4 Å². The van der Waals surface area contributed by atoms with Crippen molar-refractivity contribution in [2.45, 2.75) is 19.4 Å². The van der Waals surface area contributed by atoms with Gasteiger partial charge in [-0.2, -0.15) is 0 Å². The van der Waals surface area contributed by atoms with E-state index >= 15 is 0 Å². The third kappa shape index (κ3) is 1.89. The molecular formula is C12H16N4S. The lowest BCUT2D eigenvalue weighted by atomic mass is 10.0. The standard InChI is InChI=1S/C12H16N4S/c1-8(13)9-2-4-16(6-9)12-11-10(3-5-17-11)14-7-15-12/h3,5,7-9H,2,4,6,13H2,1H3. The molecule has 5 heteroatoms. The molecule has 2 atom stereocenters. The first-order valence-corrected chi connectivity index (χ1v) is 6.82. The number of rotatable bonds is 2. The van der Waals surface area contributed by atoms with E-state index in [0.29, 0.717) is 5.92 Å². The van der Waals surface area contributed by atoms with Gasteiger partial charge < -0.3 is 10.6 Å². The van der Waals surface area contributed by atoms with Crippen LogP contribution in [0.3, 0.4) is 0 Å². The molecule has 1 aliphatic rings. The van der Waals surface area contributed by atoms with Gasteiger partial charge in [-0.15, -0.1) is 11.3 Å². The summed E-state index contributed by atoms with van der Waals surface area (Å²) in [4.78, 5) is 11.1. The maximum Gasteiger partial charge on any atom is 0.150 e. The van der Waals surface area contributed by atoms with Crippen LogP contribution in [-0.2, 0) is 0 Å². The Balaban J connectivity index is 1.92. The second-order valence-corrected chi connectivity index (χ2v) is 5.60. The number of anilines is 1. The SMILES string of the molecule is CC(N)C1CCN(c2ncnc3ccsc23)C1. The number of thiophene rings is 1. The summed E-state index contributed by atoms with van der Waals surface area (Å²) in [7, 11) is 0. The van der Waals surface area contributed by atoms with E-state index in [0.717, 1.165) is 30.8 Å². The Morgan fingerprint density at radius 1 is 1.53 bits per heavy atom. The Kier molecular flexibility index (Phi) is 2.72. The number of aromatic nitrogens is 2. The van der Waals surface area contributed by atoms with Gasteiger partial charge in [-0.25, -0.2) is 9.97 Å². The minimum absolute atomic E-state index is 0.265. The summed E-state index contributed by atoms with van der Waals surface area (Å²) in [6.45, 7) is 4.16. The number of nitrogens with zero attached hydrogens (tertiary/aromatic N) is 3. The van der Waals surface area contributed by atoms with Crippen molar-refractivity contribution in [1.82, 2.24) is 9.97 Å². The smallest absolute Gasteiger partial charge is 0.150 e.